The van der Waals surface area contributed by atoms with Gasteiger partial charge >= 0.3 is 13.8 Å². The molecule has 0 aliphatic heterocycles. The second kappa shape index (κ2) is 42.3. The molecule has 324 valence electrons. The summed E-state index contributed by atoms with van der Waals surface area (Å²) in [5.74, 6) is -0.392. The molecule has 0 aromatic rings. The quantitative estimate of drug-likeness (QED) is 0.0239. The number of aliphatic hydroxyl groups is 2. The van der Waals surface area contributed by atoms with Crippen molar-refractivity contribution >= 4 is 13.8 Å². The van der Waals surface area contributed by atoms with E-state index >= 15 is 0 Å². The second-order valence-electron chi connectivity index (χ2n) is 15.1. The first-order valence-corrected chi connectivity index (χ1v) is 24.0. The Morgan fingerprint density at radius 2 is 0.982 bits per heavy atom. The van der Waals surface area contributed by atoms with Crippen LogP contribution < -0.4 is 0 Å². The van der Waals surface area contributed by atoms with E-state index < -0.39 is 39.2 Å². The zero-order valence-corrected chi connectivity index (χ0v) is 36.3. The lowest BCUT2D eigenvalue weighted by atomic mass is 10.1. The van der Waals surface area contributed by atoms with Crippen LogP contribution in [0.15, 0.2) is 36.5 Å². The van der Waals surface area contributed by atoms with Gasteiger partial charge in [0.25, 0.3) is 0 Å². The van der Waals surface area contributed by atoms with Crippen LogP contribution in [0.1, 0.15) is 200 Å². The monoisotopic (exact) mass is 801 g/mol. The van der Waals surface area contributed by atoms with Gasteiger partial charge in [-0.2, -0.15) is 0 Å². The smallest absolute Gasteiger partial charge is 0.457 e. The topological polar surface area (TPSA) is 132 Å². The number of hydrogen-bond donors (Lipinski definition) is 3. The van der Waals surface area contributed by atoms with Crippen LogP contribution in [0.4, 0.5) is 0 Å². The predicted molar refractivity (Wildman–Crippen MR) is 228 cm³/mol. The molecule has 0 rings (SSSR count). The van der Waals surface area contributed by atoms with Crippen molar-refractivity contribution in [1.82, 2.24) is 0 Å². The van der Waals surface area contributed by atoms with Gasteiger partial charge in [-0.1, -0.05) is 159 Å². The number of phosphoric acid groups is 1. The minimum absolute atomic E-state index is 0.0428. The van der Waals surface area contributed by atoms with Crippen LogP contribution in [0.3, 0.4) is 0 Å². The summed E-state index contributed by atoms with van der Waals surface area (Å²) in [6, 6.07) is 0. The van der Waals surface area contributed by atoms with E-state index in [1.807, 2.05) is 0 Å². The van der Waals surface area contributed by atoms with Gasteiger partial charge in [-0.3, -0.25) is 13.8 Å². The van der Waals surface area contributed by atoms with E-state index in [0.717, 1.165) is 64.2 Å². The Bertz CT molecular complexity index is 955. The van der Waals surface area contributed by atoms with Crippen molar-refractivity contribution in [3.05, 3.63) is 36.5 Å². The number of phosphoric ester groups is 1. The van der Waals surface area contributed by atoms with E-state index in [0.29, 0.717) is 6.61 Å². The molecule has 3 unspecified atom stereocenters. The molecule has 3 N–H and O–H groups in total. The largest absolute Gasteiger partial charge is 0.472 e. The normalized spacial score (nSPS) is 14.3. The fourth-order valence-electron chi connectivity index (χ4n) is 6.09. The molecule has 9 nitrogen and oxygen atoms in total. The Labute approximate surface area is 337 Å². The third kappa shape index (κ3) is 42.1. The maximum absolute atomic E-state index is 12.6. The summed E-state index contributed by atoms with van der Waals surface area (Å²) in [6.07, 6.45) is 45.2. The van der Waals surface area contributed by atoms with Gasteiger partial charge in [0, 0.05) is 13.0 Å². The van der Waals surface area contributed by atoms with E-state index in [2.05, 4.69) is 50.3 Å². The summed E-state index contributed by atoms with van der Waals surface area (Å²) in [5.41, 5.74) is 0. The molecule has 0 bridgehead atoms. The molecule has 0 radical (unpaired) electrons. The molecule has 0 spiro atoms. The van der Waals surface area contributed by atoms with Gasteiger partial charge in [0.2, 0.25) is 0 Å². The first-order chi connectivity index (χ1) is 26.8. The fourth-order valence-corrected chi connectivity index (χ4v) is 6.88. The molecular formula is C45H85O9P. The van der Waals surface area contributed by atoms with Crippen molar-refractivity contribution in [1.29, 1.82) is 0 Å². The average Bonchev–Trinajstić information content (AvgIpc) is 3.18. The molecule has 0 aliphatic rings. The molecule has 0 aliphatic carbocycles. The lowest BCUT2D eigenvalue weighted by Crippen LogP contribution is -2.29. The van der Waals surface area contributed by atoms with Gasteiger partial charge in [-0.15, -0.1) is 0 Å². The minimum Gasteiger partial charge on any atom is -0.457 e. The molecule has 0 heterocycles. The molecule has 0 aromatic heterocycles. The summed E-state index contributed by atoms with van der Waals surface area (Å²) in [4.78, 5) is 22.6. The molecule has 3 atom stereocenters. The summed E-state index contributed by atoms with van der Waals surface area (Å²) in [5, 5.41) is 18.4. The Morgan fingerprint density at radius 1 is 0.564 bits per heavy atom. The molecule has 55 heavy (non-hydrogen) atoms. The lowest BCUT2D eigenvalue weighted by molar-refractivity contribution is -0.154. The SMILES string of the molecule is CCCCCC/C=C\C/C=C\CCCCCCCCCC(=O)OC(COCCCCCCCC/C=C\CCCCCCCC)COP(=O)(O)OCC(O)CO. The van der Waals surface area contributed by atoms with Crippen LogP contribution in [0, 0.1) is 0 Å². The van der Waals surface area contributed by atoms with Gasteiger partial charge in [0.05, 0.1) is 26.4 Å². The number of ether oxygens (including phenoxy) is 2. The summed E-state index contributed by atoms with van der Waals surface area (Å²) in [6.45, 7) is 3.49. The van der Waals surface area contributed by atoms with Gasteiger partial charge < -0.3 is 24.6 Å². The van der Waals surface area contributed by atoms with E-state index in [-0.39, 0.29) is 19.6 Å². The highest BCUT2D eigenvalue weighted by Gasteiger charge is 2.26. The number of esters is 1. The molecule has 0 saturated heterocycles. The number of rotatable bonds is 43. The second-order valence-corrected chi connectivity index (χ2v) is 16.5. The first kappa shape index (κ1) is 53.7. The van der Waals surface area contributed by atoms with Crippen LogP contribution >= 0.6 is 7.82 Å². The van der Waals surface area contributed by atoms with Crippen molar-refractivity contribution in [2.75, 3.05) is 33.0 Å². The third-order valence-corrected chi connectivity index (χ3v) is 10.5. The van der Waals surface area contributed by atoms with Crippen LogP contribution in [0.25, 0.3) is 0 Å². The van der Waals surface area contributed by atoms with Crippen molar-refractivity contribution in [2.24, 2.45) is 0 Å². The van der Waals surface area contributed by atoms with E-state index in [1.165, 1.54) is 116 Å². The third-order valence-electron chi connectivity index (χ3n) is 9.55. The predicted octanol–water partition coefficient (Wildman–Crippen LogP) is 12.4. The molecular weight excluding hydrogens is 715 g/mol. The minimum atomic E-state index is -4.52. The maximum atomic E-state index is 12.6. The Hall–Kier alpha value is -1.32. The van der Waals surface area contributed by atoms with Crippen LogP contribution in [0.5, 0.6) is 0 Å². The highest BCUT2D eigenvalue weighted by atomic mass is 31.2. The van der Waals surface area contributed by atoms with Crippen molar-refractivity contribution < 1.29 is 43.0 Å². The Kier molecular flexibility index (Phi) is 41.3. The van der Waals surface area contributed by atoms with Gasteiger partial charge in [-0.25, -0.2) is 4.57 Å². The zero-order chi connectivity index (χ0) is 40.3. The maximum Gasteiger partial charge on any atom is 0.472 e. The standard InChI is InChI=1S/C45H85O9P/c1-3-5-7-9-11-13-15-17-19-21-22-23-25-27-29-31-33-35-37-45(48)54-44(42-53-55(49,50)52-40-43(47)39-46)41-51-38-36-34-32-30-28-26-24-20-18-16-14-12-10-8-6-4-2/h13,15,18-21,43-44,46-47H,3-12,14,16-17,22-42H2,1-2H3,(H,49,50)/b15-13-,20-18-,21-19-. The Morgan fingerprint density at radius 3 is 1.49 bits per heavy atom. The van der Waals surface area contributed by atoms with Crippen LogP contribution in [-0.4, -0.2) is 66.3 Å². The van der Waals surface area contributed by atoms with E-state index in [9.17, 15) is 19.4 Å². The van der Waals surface area contributed by atoms with Crippen molar-refractivity contribution in [3.8, 4) is 0 Å². The van der Waals surface area contributed by atoms with Gasteiger partial charge in [-0.05, 0) is 70.6 Å². The van der Waals surface area contributed by atoms with Gasteiger partial charge in [0.1, 0.15) is 12.2 Å². The first-order valence-electron chi connectivity index (χ1n) is 22.5. The highest BCUT2D eigenvalue weighted by Crippen LogP contribution is 2.43. The number of carbonyl (C=O) groups excluding carboxylic acids is 1. The molecule has 0 saturated carbocycles. The fraction of sp³-hybridized carbons (Fsp3) is 0.844. The number of allylic oxidation sites excluding steroid dienone is 6. The average molecular weight is 801 g/mol. The van der Waals surface area contributed by atoms with Crippen molar-refractivity contribution in [3.63, 3.8) is 0 Å². The van der Waals surface area contributed by atoms with E-state index in [4.69, 9.17) is 23.6 Å². The number of carbonyl (C=O) groups is 1. The molecule has 0 aromatic carbocycles. The highest BCUT2D eigenvalue weighted by molar-refractivity contribution is 7.47. The number of hydrogen-bond acceptors (Lipinski definition) is 8. The Balaban J connectivity index is 4.18. The van der Waals surface area contributed by atoms with Crippen molar-refractivity contribution in [2.45, 2.75) is 212 Å². The summed E-state index contributed by atoms with van der Waals surface area (Å²) < 4.78 is 33.4. The van der Waals surface area contributed by atoms with Crippen LogP contribution in [0.2, 0.25) is 0 Å². The number of aliphatic hydroxyl groups excluding tert-OH is 2. The lowest BCUT2D eigenvalue weighted by Gasteiger charge is -2.20. The van der Waals surface area contributed by atoms with Gasteiger partial charge in [0.15, 0.2) is 0 Å². The summed E-state index contributed by atoms with van der Waals surface area (Å²) in [7, 11) is -4.52. The molecule has 0 amide bonds. The molecule has 10 heteroatoms. The van der Waals surface area contributed by atoms with Crippen LogP contribution in [-0.2, 0) is 27.9 Å². The summed E-state index contributed by atoms with van der Waals surface area (Å²) >= 11 is 0. The van der Waals surface area contributed by atoms with E-state index in [1.54, 1.807) is 0 Å². The molecule has 0 fully saturated rings. The zero-order valence-electron chi connectivity index (χ0n) is 35.4. The number of unbranched alkanes of at least 4 members (excludes halogenated alkanes) is 23.